The Morgan fingerprint density at radius 1 is 1.47 bits per heavy atom. The smallest absolute Gasteiger partial charge is 0.272 e. The zero-order valence-electron chi connectivity index (χ0n) is 11.3. The van der Waals surface area contributed by atoms with Crippen LogP contribution in [-0.4, -0.2) is 28.8 Å². The normalized spacial score (nSPS) is 19.3. The van der Waals surface area contributed by atoms with Crippen LogP contribution in [0.25, 0.3) is 0 Å². The fraction of sp³-hybridized carbons (Fsp3) is 0.500. The predicted octanol–water partition coefficient (Wildman–Crippen LogP) is 2.78. The van der Waals surface area contributed by atoms with Gasteiger partial charge >= 0.3 is 0 Å². The predicted molar refractivity (Wildman–Crippen MR) is 72.1 cm³/mol. The summed E-state index contributed by atoms with van der Waals surface area (Å²) < 4.78 is 0. The molecule has 2 rings (SSSR count). The van der Waals surface area contributed by atoms with Crippen LogP contribution in [0.5, 0.6) is 0 Å². The van der Waals surface area contributed by atoms with E-state index in [0.717, 1.165) is 25.9 Å². The summed E-state index contributed by atoms with van der Waals surface area (Å²) in [6.07, 6.45) is 2.18. The Hall–Kier alpha value is -1.91. The summed E-state index contributed by atoms with van der Waals surface area (Å²) >= 11 is 0. The van der Waals surface area contributed by atoms with Gasteiger partial charge in [0.25, 0.3) is 11.6 Å². The molecule has 1 saturated heterocycles. The first kappa shape index (κ1) is 13.5. The SMILES string of the molecule is Cc1cc(C(=O)N2CCCC(C)C2)ccc1[N+](=O)[O-]. The van der Waals surface area contributed by atoms with Crippen molar-refractivity contribution in [2.45, 2.75) is 26.7 Å². The van der Waals surface area contributed by atoms with E-state index in [4.69, 9.17) is 0 Å². The maximum Gasteiger partial charge on any atom is 0.272 e. The lowest BCUT2D eigenvalue weighted by molar-refractivity contribution is -0.385. The zero-order chi connectivity index (χ0) is 14.0. The number of hydrogen-bond donors (Lipinski definition) is 0. The molecule has 1 fully saturated rings. The molecule has 102 valence electrons. The molecule has 1 aliphatic rings. The first-order chi connectivity index (χ1) is 8.99. The van der Waals surface area contributed by atoms with Gasteiger partial charge in [0.05, 0.1) is 4.92 Å². The van der Waals surface area contributed by atoms with Crippen LogP contribution in [-0.2, 0) is 0 Å². The van der Waals surface area contributed by atoms with Crippen LogP contribution in [0.3, 0.4) is 0 Å². The van der Waals surface area contributed by atoms with E-state index in [1.54, 1.807) is 19.1 Å². The summed E-state index contributed by atoms with van der Waals surface area (Å²) in [4.78, 5) is 24.5. The molecule has 1 heterocycles. The lowest BCUT2D eigenvalue weighted by atomic mass is 9.99. The van der Waals surface area contributed by atoms with Gasteiger partial charge in [0, 0.05) is 30.3 Å². The van der Waals surface area contributed by atoms with Crippen LogP contribution in [0.4, 0.5) is 5.69 Å². The van der Waals surface area contributed by atoms with Gasteiger partial charge in [-0.05, 0) is 37.8 Å². The van der Waals surface area contributed by atoms with Crippen LogP contribution in [0.2, 0.25) is 0 Å². The minimum absolute atomic E-state index is 0.0236. The van der Waals surface area contributed by atoms with Crippen LogP contribution >= 0.6 is 0 Å². The maximum absolute atomic E-state index is 12.3. The number of likely N-dealkylation sites (tertiary alicyclic amines) is 1. The Bertz CT molecular complexity index is 513. The summed E-state index contributed by atoms with van der Waals surface area (Å²) in [6, 6.07) is 4.57. The number of aryl methyl sites for hydroxylation is 1. The molecule has 1 atom stereocenters. The van der Waals surface area contributed by atoms with Crippen LogP contribution in [0.1, 0.15) is 35.7 Å². The summed E-state index contributed by atoms with van der Waals surface area (Å²) in [5.74, 6) is 0.501. The third kappa shape index (κ3) is 2.92. The standard InChI is InChI=1S/C14H18N2O3/c1-10-4-3-7-15(9-10)14(17)12-5-6-13(16(18)19)11(2)8-12/h5-6,8,10H,3-4,7,9H2,1-2H3. The summed E-state index contributed by atoms with van der Waals surface area (Å²) in [7, 11) is 0. The van der Waals surface area contributed by atoms with Gasteiger partial charge in [-0.2, -0.15) is 0 Å². The van der Waals surface area contributed by atoms with Crippen molar-refractivity contribution < 1.29 is 9.72 Å². The molecule has 1 amide bonds. The van der Waals surface area contributed by atoms with Crippen molar-refractivity contribution in [3.05, 3.63) is 39.4 Å². The van der Waals surface area contributed by atoms with Gasteiger partial charge < -0.3 is 4.90 Å². The molecule has 0 radical (unpaired) electrons. The number of nitro benzene ring substituents is 1. The minimum atomic E-state index is -0.424. The molecule has 5 heteroatoms. The van der Waals surface area contributed by atoms with Crippen LogP contribution in [0.15, 0.2) is 18.2 Å². The van der Waals surface area contributed by atoms with E-state index in [0.29, 0.717) is 17.0 Å². The Morgan fingerprint density at radius 3 is 2.79 bits per heavy atom. The number of piperidine rings is 1. The molecule has 0 N–H and O–H groups in total. The first-order valence-corrected chi connectivity index (χ1v) is 6.53. The third-order valence-electron chi connectivity index (χ3n) is 3.58. The lowest BCUT2D eigenvalue weighted by Gasteiger charge is -2.31. The number of carbonyl (C=O) groups excluding carboxylic acids is 1. The van der Waals surface area contributed by atoms with Gasteiger partial charge in [-0.25, -0.2) is 0 Å². The highest BCUT2D eigenvalue weighted by molar-refractivity contribution is 5.94. The highest BCUT2D eigenvalue weighted by Gasteiger charge is 2.23. The number of carbonyl (C=O) groups is 1. The van der Waals surface area contributed by atoms with Crippen molar-refractivity contribution in [1.82, 2.24) is 4.90 Å². The zero-order valence-corrected chi connectivity index (χ0v) is 11.3. The van der Waals surface area contributed by atoms with Crippen molar-refractivity contribution in [2.24, 2.45) is 5.92 Å². The molecule has 19 heavy (non-hydrogen) atoms. The van der Waals surface area contributed by atoms with Gasteiger partial charge in [-0.3, -0.25) is 14.9 Å². The third-order valence-corrected chi connectivity index (χ3v) is 3.58. The fourth-order valence-electron chi connectivity index (χ4n) is 2.55. The van der Waals surface area contributed by atoms with Crippen molar-refractivity contribution in [3.63, 3.8) is 0 Å². The second kappa shape index (κ2) is 5.38. The number of rotatable bonds is 2. The molecule has 1 aromatic rings. The van der Waals surface area contributed by atoms with E-state index in [2.05, 4.69) is 6.92 Å². The molecular weight excluding hydrogens is 244 g/mol. The number of nitro groups is 1. The molecule has 1 aromatic carbocycles. The van der Waals surface area contributed by atoms with Crippen molar-refractivity contribution in [2.75, 3.05) is 13.1 Å². The summed E-state index contributed by atoms with van der Waals surface area (Å²) in [6.45, 7) is 5.35. The second-order valence-electron chi connectivity index (χ2n) is 5.26. The highest BCUT2D eigenvalue weighted by atomic mass is 16.6. The highest BCUT2D eigenvalue weighted by Crippen LogP contribution is 2.22. The molecule has 0 aliphatic carbocycles. The Balaban J connectivity index is 2.19. The average Bonchev–Trinajstić information content (AvgIpc) is 2.37. The van der Waals surface area contributed by atoms with Crippen molar-refractivity contribution >= 4 is 11.6 Å². The molecular formula is C14H18N2O3. The monoisotopic (exact) mass is 262 g/mol. The van der Waals surface area contributed by atoms with Crippen LogP contribution in [0, 0.1) is 23.0 Å². The molecule has 0 saturated carbocycles. The maximum atomic E-state index is 12.3. The molecule has 1 unspecified atom stereocenters. The van der Waals surface area contributed by atoms with Crippen LogP contribution < -0.4 is 0 Å². The molecule has 0 aromatic heterocycles. The van der Waals surface area contributed by atoms with E-state index in [1.165, 1.54) is 6.07 Å². The fourth-order valence-corrected chi connectivity index (χ4v) is 2.55. The summed E-state index contributed by atoms with van der Waals surface area (Å²) in [5, 5.41) is 10.8. The summed E-state index contributed by atoms with van der Waals surface area (Å²) in [5.41, 5.74) is 1.13. The molecule has 5 nitrogen and oxygen atoms in total. The first-order valence-electron chi connectivity index (χ1n) is 6.53. The Labute approximate surface area is 112 Å². The molecule has 1 aliphatic heterocycles. The number of amides is 1. The second-order valence-corrected chi connectivity index (χ2v) is 5.26. The topological polar surface area (TPSA) is 63.5 Å². The van der Waals surface area contributed by atoms with E-state index in [1.807, 2.05) is 4.90 Å². The number of hydrogen-bond acceptors (Lipinski definition) is 3. The Morgan fingerprint density at radius 2 is 2.21 bits per heavy atom. The Kier molecular flexibility index (Phi) is 3.83. The van der Waals surface area contributed by atoms with Gasteiger partial charge in [-0.15, -0.1) is 0 Å². The largest absolute Gasteiger partial charge is 0.338 e. The lowest BCUT2D eigenvalue weighted by Crippen LogP contribution is -2.39. The van der Waals surface area contributed by atoms with Gasteiger partial charge in [0.15, 0.2) is 0 Å². The average molecular weight is 262 g/mol. The quantitative estimate of drug-likeness (QED) is 0.608. The number of nitrogens with zero attached hydrogens (tertiary/aromatic N) is 2. The van der Waals surface area contributed by atoms with Gasteiger partial charge in [0.2, 0.25) is 0 Å². The number of benzene rings is 1. The molecule has 0 bridgehead atoms. The van der Waals surface area contributed by atoms with Gasteiger partial charge in [-0.1, -0.05) is 6.92 Å². The van der Waals surface area contributed by atoms with E-state index < -0.39 is 4.92 Å². The van der Waals surface area contributed by atoms with E-state index in [-0.39, 0.29) is 11.6 Å². The van der Waals surface area contributed by atoms with E-state index in [9.17, 15) is 14.9 Å². The molecule has 0 spiro atoms. The van der Waals surface area contributed by atoms with Crippen molar-refractivity contribution in [3.8, 4) is 0 Å². The van der Waals surface area contributed by atoms with E-state index >= 15 is 0 Å². The van der Waals surface area contributed by atoms with Crippen molar-refractivity contribution in [1.29, 1.82) is 0 Å². The minimum Gasteiger partial charge on any atom is -0.338 e. The van der Waals surface area contributed by atoms with Gasteiger partial charge in [0.1, 0.15) is 0 Å².